The minimum atomic E-state index is -3.84. The predicted molar refractivity (Wildman–Crippen MR) is 68.8 cm³/mol. The Kier molecular flexibility index (Phi) is 3.34. The number of hydrogen-bond acceptors (Lipinski definition) is 6. The van der Waals surface area contributed by atoms with Crippen LogP contribution in [0, 0.1) is 0 Å². The van der Waals surface area contributed by atoms with Gasteiger partial charge in [-0.25, -0.2) is 0 Å². The summed E-state index contributed by atoms with van der Waals surface area (Å²) in [7, 11) is -0.977. The largest absolute Gasteiger partial charge is 0.497 e. The van der Waals surface area contributed by atoms with E-state index in [1.54, 1.807) is 0 Å². The lowest BCUT2D eigenvalue weighted by atomic mass is 10.3. The smallest absolute Gasteiger partial charge is 0.286 e. The zero-order chi connectivity index (χ0) is 14.0. The Morgan fingerprint density at radius 3 is 2.47 bits per heavy atom. The number of benzene rings is 1. The summed E-state index contributed by atoms with van der Waals surface area (Å²) in [6.45, 7) is 0. The molecule has 0 saturated carbocycles. The Morgan fingerprint density at radius 2 is 1.95 bits per heavy atom. The van der Waals surface area contributed by atoms with E-state index in [4.69, 9.17) is 15.2 Å². The van der Waals surface area contributed by atoms with Crippen LogP contribution in [0.2, 0.25) is 0 Å². The summed E-state index contributed by atoms with van der Waals surface area (Å²) in [5, 5.41) is 3.70. The lowest BCUT2D eigenvalue weighted by molar-refractivity contribution is 0.386. The van der Waals surface area contributed by atoms with Crippen molar-refractivity contribution in [3.8, 4) is 11.5 Å². The van der Waals surface area contributed by atoms with Crippen molar-refractivity contribution in [2.45, 2.75) is 4.90 Å². The summed E-state index contributed by atoms with van der Waals surface area (Å²) < 4.78 is 35.6. The molecule has 0 unspecified atom stereocenters. The van der Waals surface area contributed by atoms with Gasteiger partial charge in [-0.1, -0.05) is 0 Å². The predicted octanol–water partition coefficient (Wildman–Crippen LogP) is 0.719. The molecule has 7 nitrogen and oxygen atoms in total. The molecule has 0 fully saturated rings. The molecule has 1 heterocycles. The van der Waals surface area contributed by atoms with E-state index in [0.717, 1.165) is 4.09 Å². The van der Waals surface area contributed by atoms with Crippen LogP contribution in [0.4, 0.5) is 5.82 Å². The van der Waals surface area contributed by atoms with Gasteiger partial charge in [-0.3, -0.25) is 0 Å². The number of nitrogens with zero attached hydrogens (tertiary/aromatic N) is 2. The van der Waals surface area contributed by atoms with Gasteiger partial charge in [-0.15, -0.1) is 5.10 Å². The topological polar surface area (TPSA) is 96.4 Å². The Hall–Kier alpha value is -2.22. The zero-order valence-electron chi connectivity index (χ0n) is 10.4. The summed E-state index contributed by atoms with van der Waals surface area (Å²) in [4.78, 5) is -0.0149. The van der Waals surface area contributed by atoms with E-state index in [1.807, 2.05) is 0 Å². The maximum atomic E-state index is 12.4. The molecule has 0 radical (unpaired) electrons. The molecule has 2 N–H and O–H groups in total. The summed E-state index contributed by atoms with van der Waals surface area (Å²) in [6, 6.07) is 5.81. The van der Waals surface area contributed by atoms with Crippen LogP contribution in [-0.4, -0.2) is 31.8 Å². The van der Waals surface area contributed by atoms with Crippen molar-refractivity contribution in [2.24, 2.45) is 0 Å². The van der Waals surface area contributed by atoms with Crippen molar-refractivity contribution in [3.05, 3.63) is 30.5 Å². The number of rotatable bonds is 4. The molecule has 0 aliphatic rings. The van der Waals surface area contributed by atoms with E-state index < -0.39 is 10.0 Å². The Bertz CT molecular complexity index is 694. The zero-order valence-corrected chi connectivity index (χ0v) is 11.2. The highest BCUT2D eigenvalue weighted by molar-refractivity contribution is 7.90. The molecular formula is C11H13N3O4S. The maximum Gasteiger partial charge on any atom is 0.286 e. The van der Waals surface area contributed by atoms with Gasteiger partial charge < -0.3 is 15.2 Å². The Morgan fingerprint density at radius 1 is 1.21 bits per heavy atom. The van der Waals surface area contributed by atoms with E-state index >= 15 is 0 Å². The van der Waals surface area contributed by atoms with Gasteiger partial charge in [0.15, 0.2) is 0 Å². The highest BCUT2D eigenvalue weighted by Gasteiger charge is 2.23. The molecule has 2 aromatic rings. The molecule has 0 bridgehead atoms. The van der Waals surface area contributed by atoms with Crippen LogP contribution in [0.15, 0.2) is 35.4 Å². The van der Waals surface area contributed by atoms with E-state index in [2.05, 4.69) is 5.10 Å². The minimum Gasteiger partial charge on any atom is -0.497 e. The van der Waals surface area contributed by atoms with E-state index in [-0.39, 0.29) is 16.5 Å². The van der Waals surface area contributed by atoms with E-state index in [9.17, 15) is 8.42 Å². The fraction of sp³-hybridized carbons (Fsp3) is 0.182. The number of methoxy groups -OCH3 is 2. The number of hydrogen-bond donors (Lipinski definition) is 1. The standard InChI is InChI=1S/C11H13N3O4S/c1-17-8-3-4-10(9(7-8)18-2)19(15,16)14-6-5-11(12)13-14/h3-7H,1-2H3,(H2,12,13). The molecule has 1 aromatic heterocycles. The van der Waals surface area contributed by atoms with Crippen molar-refractivity contribution in [2.75, 3.05) is 20.0 Å². The first-order valence-electron chi connectivity index (χ1n) is 5.28. The fourth-order valence-corrected chi connectivity index (χ4v) is 2.80. The second-order valence-electron chi connectivity index (χ2n) is 3.63. The number of ether oxygens (including phenoxy) is 2. The molecule has 1 aromatic carbocycles. The number of nitrogen functional groups attached to an aromatic ring is 1. The average molecular weight is 283 g/mol. The maximum absolute atomic E-state index is 12.4. The highest BCUT2D eigenvalue weighted by atomic mass is 32.2. The van der Waals surface area contributed by atoms with Gasteiger partial charge in [0.25, 0.3) is 10.0 Å². The van der Waals surface area contributed by atoms with Crippen molar-refractivity contribution >= 4 is 15.8 Å². The van der Waals surface area contributed by atoms with Gasteiger partial charge in [-0.05, 0) is 12.1 Å². The molecule has 19 heavy (non-hydrogen) atoms. The molecule has 2 rings (SSSR count). The highest BCUT2D eigenvalue weighted by Crippen LogP contribution is 2.29. The van der Waals surface area contributed by atoms with Crippen LogP contribution < -0.4 is 15.2 Å². The van der Waals surface area contributed by atoms with Gasteiger partial charge in [0.05, 0.1) is 14.2 Å². The third-order valence-corrected chi connectivity index (χ3v) is 4.07. The van der Waals surface area contributed by atoms with Crippen molar-refractivity contribution in [1.82, 2.24) is 9.19 Å². The average Bonchev–Trinajstić information content (AvgIpc) is 2.85. The second kappa shape index (κ2) is 4.81. The molecule has 0 aliphatic heterocycles. The van der Waals surface area contributed by atoms with Gasteiger partial charge in [0, 0.05) is 18.3 Å². The molecule has 0 saturated heterocycles. The molecule has 8 heteroatoms. The van der Waals surface area contributed by atoms with Gasteiger partial charge in [0.1, 0.15) is 22.2 Å². The first-order valence-corrected chi connectivity index (χ1v) is 6.72. The fourth-order valence-electron chi connectivity index (χ4n) is 1.54. The van der Waals surface area contributed by atoms with Crippen LogP contribution in [0.25, 0.3) is 0 Å². The summed E-state index contributed by atoms with van der Waals surface area (Å²) >= 11 is 0. The summed E-state index contributed by atoms with van der Waals surface area (Å²) in [6.07, 6.45) is 1.27. The van der Waals surface area contributed by atoms with E-state index in [1.165, 1.54) is 44.7 Å². The molecule has 0 atom stereocenters. The third kappa shape index (κ3) is 2.34. The van der Waals surface area contributed by atoms with Crippen molar-refractivity contribution in [1.29, 1.82) is 0 Å². The lowest BCUT2D eigenvalue weighted by Crippen LogP contribution is -2.15. The van der Waals surface area contributed by atoms with Gasteiger partial charge >= 0.3 is 0 Å². The van der Waals surface area contributed by atoms with Crippen molar-refractivity contribution in [3.63, 3.8) is 0 Å². The lowest BCUT2D eigenvalue weighted by Gasteiger charge is -2.10. The quantitative estimate of drug-likeness (QED) is 0.888. The first kappa shape index (κ1) is 13.2. The first-order chi connectivity index (χ1) is 8.98. The second-order valence-corrected chi connectivity index (χ2v) is 5.40. The Labute approximate surface area is 110 Å². The molecule has 102 valence electrons. The Balaban J connectivity index is 2.58. The normalized spacial score (nSPS) is 11.3. The number of aromatic nitrogens is 2. The van der Waals surface area contributed by atoms with Crippen LogP contribution in [-0.2, 0) is 10.0 Å². The molecular weight excluding hydrogens is 270 g/mol. The third-order valence-electron chi connectivity index (χ3n) is 2.48. The monoisotopic (exact) mass is 283 g/mol. The SMILES string of the molecule is COc1ccc(S(=O)(=O)n2ccc(N)n2)c(OC)c1. The summed E-state index contributed by atoms with van der Waals surface area (Å²) in [5.41, 5.74) is 5.42. The van der Waals surface area contributed by atoms with Gasteiger partial charge in [0.2, 0.25) is 0 Å². The van der Waals surface area contributed by atoms with Crippen LogP contribution in [0.1, 0.15) is 0 Å². The summed E-state index contributed by atoms with van der Waals surface area (Å²) in [5.74, 6) is 0.792. The van der Waals surface area contributed by atoms with Crippen molar-refractivity contribution < 1.29 is 17.9 Å². The molecule has 0 spiro atoms. The number of nitrogens with two attached hydrogens (primary N) is 1. The van der Waals surface area contributed by atoms with Crippen LogP contribution in [0.5, 0.6) is 11.5 Å². The van der Waals surface area contributed by atoms with Crippen LogP contribution in [0.3, 0.4) is 0 Å². The molecule has 0 amide bonds. The van der Waals surface area contributed by atoms with Gasteiger partial charge in [-0.2, -0.15) is 12.5 Å². The van der Waals surface area contributed by atoms with Crippen LogP contribution >= 0.6 is 0 Å². The van der Waals surface area contributed by atoms with E-state index in [0.29, 0.717) is 5.75 Å². The molecule has 0 aliphatic carbocycles. The minimum absolute atomic E-state index is 0.0149. The number of anilines is 1.